The number of hydrogen-bond donors (Lipinski definition) is 1. The van der Waals surface area contributed by atoms with Crippen LogP contribution < -0.4 is 5.73 Å². The molecule has 0 aliphatic carbocycles. The quantitative estimate of drug-likeness (QED) is 0.909. The number of pyridine rings is 1. The van der Waals surface area contributed by atoms with Crippen molar-refractivity contribution in [2.45, 2.75) is 44.2 Å². The summed E-state index contributed by atoms with van der Waals surface area (Å²) >= 11 is 3.38. The second kappa shape index (κ2) is 6.47. The second-order valence-corrected chi connectivity index (χ2v) is 5.56. The van der Waals surface area contributed by atoms with Crippen LogP contribution in [0.5, 0.6) is 0 Å². The third-order valence-corrected chi connectivity index (χ3v) is 3.61. The van der Waals surface area contributed by atoms with Crippen molar-refractivity contribution in [1.29, 1.82) is 0 Å². The van der Waals surface area contributed by atoms with Crippen LogP contribution in [0.25, 0.3) is 0 Å². The summed E-state index contributed by atoms with van der Waals surface area (Å²) in [6.07, 6.45) is 7.61. The summed E-state index contributed by atoms with van der Waals surface area (Å²) in [7, 11) is 0. The minimum absolute atomic E-state index is 0.188. The van der Waals surface area contributed by atoms with E-state index in [0.29, 0.717) is 6.10 Å². The molecule has 3 nitrogen and oxygen atoms in total. The summed E-state index contributed by atoms with van der Waals surface area (Å²) in [4.78, 5) is 4.34. The number of rotatable bonds is 5. The Hall–Kier alpha value is -0.450. The van der Waals surface area contributed by atoms with Crippen molar-refractivity contribution in [3.05, 3.63) is 28.5 Å². The van der Waals surface area contributed by atoms with Crippen molar-refractivity contribution in [2.75, 3.05) is 6.61 Å². The van der Waals surface area contributed by atoms with Gasteiger partial charge in [-0.1, -0.05) is 0 Å². The third kappa shape index (κ3) is 4.37. The zero-order chi connectivity index (χ0) is 12.1. The Labute approximate surface area is 111 Å². The number of aromatic nitrogens is 1. The molecular formula is C13H19BrN2O. The highest BCUT2D eigenvalue weighted by Crippen LogP contribution is 2.18. The number of nitrogens with zero attached hydrogens (tertiary/aromatic N) is 1. The molecule has 0 aromatic carbocycles. The standard InChI is InChI=1S/C13H19BrN2O/c14-10-3-5-12(16-9-10)8-11(15)4-6-13-2-1-7-17-13/h3,5,9,11,13H,1-2,4,6-8,15H2. The van der Waals surface area contributed by atoms with Crippen LogP contribution >= 0.6 is 15.9 Å². The highest BCUT2D eigenvalue weighted by atomic mass is 79.9. The van der Waals surface area contributed by atoms with Gasteiger partial charge in [0.1, 0.15) is 0 Å². The van der Waals surface area contributed by atoms with Gasteiger partial charge < -0.3 is 10.5 Å². The summed E-state index contributed by atoms with van der Waals surface area (Å²) in [6.45, 7) is 0.925. The van der Waals surface area contributed by atoms with Crippen molar-refractivity contribution in [1.82, 2.24) is 4.98 Å². The van der Waals surface area contributed by atoms with Gasteiger partial charge in [0.25, 0.3) is 0 Å². The van der Waals surface area contributed by atoms with E-state index >= 15 is 0 Å². The first-order valence-electron chi connectivity index (χ1n) is 6.21. The van der Waals surface area contributed by atoms with E-state index in [-0.39, 0.29) is 6.04 Å². The maximum absolute atomic E-state index is 6.11. The van der Waals surface area contributed by atoms with Gasteiger partial charge in [0.05, 0.1) is 6.10 Å². The zero-order valence-electron chi connectivity index (χ0n) is 9.94. The first-order chi connectivity index (χ1) is 8.24. The SMILES string of the molecule is NC(CCC1CCCO1)Cc1ccc(Br)cn1. The number of hydrogen-bond acceptors (Lipinski definition) is 3. The number of halogens is 1. The van der Waals surface area contributed by atoms with Crippen LogP contribution in [0.15, 0.2) is 22.8 Å². The number of nitrogens with two attached hydrogens (primary N) is 1. The van der Waals surface area contributed by atoms with Gasteiger partial charge in [0.15, 0.2) is 0 Å². The van der Waals surface area contributed by atoms with E-state index in [9.17, 15) is 0 Å². The van der Waals surface area contributed by atoms with Crippen molar-refractivity contribution in [2.24, 2.45) is 5.73 Å². The van der Waals surface area contributed by atoms with Gasteiger partial charge in [0, 0.05) is 35.4 Å². The van der Waals surface area contributed by atoms with Crippen LogP contribution in [0.4, 0.5) is 0 Å². The van der Waals surface area contributed by atoms with Crippen LogP contribution in [-0.4, -0.2) is 23.7 Å². The van der Waals surface area contributed by atoms with Crippen molar-refractivity contribution >= 4 is 15.9 Å². The molecule has 4 heteroatoms. The molecule has 2 unspecified atom stereocenters. The molecule has 0 saturated carbocycles. The summed E-state index contributed by atoms with van der Waals surface area (Å²) in [5.74, 6) is 0. The molecule has 0 spiro atoms. The van der Waals surface area contributed by atoms with Crippen LogP contribution in [-0.2, 0) is 11.2 Å². The van der Waals surface area contributed by atoms with Crippen molar-refractivity contribution in [3.8, 4) is 0 Å². The Balaban J connectivity index is 1.72. The molecule has 2 N–H and O–H groups in total. The van der Waals surface area contributed by atoms with Gasteiger partial charge >= 0.3 is 0 Å². The molecule has 1 aromatic heterocycles. The summed E-state index contributed by atoms with van der Waals surface area (Å²) in [5.41, 5.74) is 7.18. The van der Waals surface area contributed by atoms with Gasteiger partial charge in [-0.3, -0.25) is 4.98 Å². The van der Waals surface area contributed by atoms with E-state index in [1.165, 1.54) is 12.8 Å². The molecule has 1 saturated heterocycles. The van der Waals surface area contributed by atoms with E-state index in [1.54, 1.807) is 0 Å². The zero-order valence-corrected chi connectivity index (χ0v) is 11.5. The maximum atomic E-state index is 6.11. The topological polar surface area (TPSA) is 48.1 Å². The van der Waals surface area contributed by atoms with Crippen molar-refractivity contribution < 1.29 is 4.74 Å². The third-order valence-electron chi connectivity index (χ3n) is 3.14. The lowest BCUT2D eigenvalue weighted by molar-refractivity contribution is 0.101. The molecule has 0 bridgehead atoms. The highest BCUT2D eigenvalue weighted by molar-refractivity contribution is 9.10. The van der Waals surface area contributed by atoms with E-state index in [0.717, 1.165) is 36.0 Å². The Morgan fingerprint density at radius 3 is 3.06 bits per heavy atom. The molecule has 1 fully saturated rings. The summed E-state index contributed by atoms with van der Waals surface area (Å²) in [6, 6.07) is 4.22. The van der Waals surface area contributed by atoms with Gasteiger partial charge in [-0.25, -0.2) is 0 Å². The van der Waals surface area contributed by atoms with E-state index < -0.39 is 0 Å². The smallest absolute Gasteiger partial charge is 0.0576 e. The molecule has 0 radical (unpaired) electrons. The normalized spacial score (nSPS) is 21.6. The Bertz CT molecular complexity index is 336. The first-order valence-corrected chi connectivity index (χ1v) is 7.01. The average Bonchev–Trinajstić information content (AvgIpc) is 2.83. The Kier molecular flexibility index (Phi) is 4.95. The predicted octanol–water partition coefficient (Wildman–Crippen LogP) is 2.67. The fourth-order valence-corrected chi connectivity index (χ4v) is 2.40. The second-order valence-electron chi connectivity index (χ2n) is 4.64. The van der Waals surface area contributed by atoms with Crippen LogP contribution in [0.2, 0.25) is 0 Å². The predicted molar refractivity (Wildman–Crippen MR) is 71.8 cm³/mol. The molecule has 2 atom stereocenters. The van der Waals surface area contributed by atoms with Crippen LogP contribution in [0.3, 0.4) is 0 Å². The largest absolute Gasteiger partial charge is 0.378 e. The van der Waals surface area contributed by atoms with Crippen LogP contribution in [0, 0.1) is 0 Å². The van der Waals surface area contributed by atoms with Gasteiger partial charge in [-0.15, -0.1) is 0 Å². The highest BCUT2D eigenvalue weighted by Gasteiger charge is 2.16. The number of ether oxygens (including phenoxy) is 1. The lowest BCUT2D eigenvalue weighted by Gasteiger charge is -2.14. The van der Waals surface area contributed by atoms with Crippen LogP contribution in [0.1, 0.15) is 31.4 Å². The summed E-state index contributed by atoms with van der Waals surface area (Å²) in [5, 5.41) is 0. The molecule has 0 amide bonds. The maximum Gasteiger partial charge on any atom is 0.0576 e. The molecule has 1 aromatic rings. The van der Waals surface area contributed by atoms with Gasteiger partial charge in [0.2, 0.25) is 0 Å². The molecule has 1 aliphatic rings. The first kappa shape index (κ1) is 13.0. The Morgan fingerprint density at radius 2 is 2.41 bits per heavy atom. The molecular weight excluding hydrogens is 280 g/mol. The monoisotopic (exact) mass is 298 g/mol. The molecule has 17 heavy (non-hydrogen) atoms. The molecule has 2 heterocycles. The fraction of sp³-hybridized carbons (Fsp3) is 0.615. The van der Waals surface area contributed by atoms with E-state index in [2.05, 4.69) is 20.9 Å². The minimum atomic E-state index is 0.188. The molecule has 2 rings (SSSR count). The van der Waals surface area contributed by atoms with Crippen molar-refractivity contribution in [3.63, 3.8) is 0 Å². The lowest BCUT2D eigenvalue weighted by atomic mass is 10.0. The summed E-state index contributed by atoms with van der Waals surface area (Å²) < 4.78 is 6.60. The lowest BCUT2D eigenvalue weighted by Crippen LogP contribution is -2.25. The molecule has 94 valence electrons. The Morgan fingerprint density at radius 1 is 1.53 bits per heavy atom. The van der Waals surface area contributed by atoms with E-state index in [1.807, 2.05) is 18.3 Å². The average molecular weight is 299 g/mol. The van der Waals surface area contributed by atoms with Gasteiger partial charge in [-0.2, -0.15) is 0 Å². The van der Waals surface area contributed by atoms with E-state index in [4.69, 9.17) is 10.5 Å². The van der Waals surface area contributed by atoms with Gasteiger partial charge in [-0.05, 0) is 53.7 Å². The fourth-order valence-electron chi connectivity index (χ4n) is 2.17. The molecule has 1 aliphatic heterocycles. The minimum Gasteiger partial charge on any atom is -0.378 e.